The molecule has 2 amide bonds. The summed E-state index contributed by atoms with van der Waals surface area (Å²) >= 11 is 0. The molecule has 0 fully saturated rings. The molecule has 2 aromatic rings. The summed E-state index contributed by atoms with van der Waals surface area (Å²) in [5, 5.41) is 5.41. The molecule has 2 aromatic carbocycles. The average molecular weight is 329 g/mol. The largest absolute Gasteiger partial charge is 0.494 e. The quantitative estimate of drug-likeness (QED) is 0.649. The van der Waals surface area contributed by atoms with Gasteiger partial charge < -0.3 is 25.8 Å². The monoisotopic (exact) mass is 329 g/mol. The summed E-state index contributed by atoms with van der Waals surface area (Å²) in [5.74, 6) is 1.45. The van der Waals surface area contributed by atoms with E-state index >= 15 is 0 Å². The molecule has 0 atom stereocenters. The van der Waals surface area contributed by atoms with Crippen LogP contribution in [0.15, 0.2) is 48.5 Å². The van der Waals surface area contributed by atoms with Crippen LogP contribution >= 0.6 is 0 Å². The fourth-order valence-electron chi connectivity index (χ4n) is 2.10. The van der Waals surface area contributed by atoms with Crippen LogP contribution in [0.3, 0.4) is 0 Å². The van der Waals surface area contributed by atoms with Gasteiger partial charge in [-0.3, -0.25) is 0 Å². The average Bonchev–Trinajstić information content (AvgIpc) is 2.62. The molecule has 4 N–H and O–H groups in total. The van der Waals surface area contributed by atoms with Crippen LogP contribution in [0.25, 0.3) is 0 Å². The SMILES string of the molecule is CCOc1ccc(OCNC(=O)NCc2cccc(CN)c2)cc1. The van der Waals surface area contributed by atoms with Crippen molar-refractivity contribution in [2.75, 3.05) is 13.3 Å². The van der Waals surface area contributed by atoms with Crippen molar-refractivity contribution in [3.8, 4) is 11.5 Å². The maximum absolute atomic E-state index is 11.8. The Balaban J connectivity index is 1.69. The molecular formula is C18H23N3O3. The minimum atomic E-state index is -0.293. The van der Waals surface area contributed by atoms with Gasteiger partial charge in [-0.1, -0.05) is 24.3 Å². The van der Waals surface area contributed by atoms with Gasteiger partial charge in [0.25, 0.3) is 0 Å². The predicted octanol–water partition coefficient (Wildman–Crippen LogP) is 2.38. The summed E-state index contributed by atoms with van der Waals surface area (Å²) in [7, 11) is 0. The normalized spacial score (nSPS) is 10.1. The number of rotatable bonds is 8. The Morgan fingerprint density at radius 3 is 2.33 bits per heavy atom. The molecule has 2 rings (SSSR count). The third-order valence-electron chi connectivity index (χ3n) is 3.29. The van der Waals surface area contributed by atoms with Crippen molar-refractivity contribution in [3.63, 3.8) is 0 Å². The van der Waals surface area contributed by atoms with Crippen LogP contribution in [0.5, 0.6) is 11.5 Å². The summed E-state index contributed by atoms with van der Waals surface area (Å²) in [6, 6.07) is 14.7. The Labute approximate surface area is 142 Å². The van der Waals surface area contributed by atoms with E-state index in [1.165, 1.54) is 0 Å². The number of nitrogens with one attached hydrogen (secondary N) is 2. The lowest BCUT2D eigenvalue weighted by Crippen LogP contribution is -2.37. The van der Waals surface area contributed by atoms with Gasteiger partial charge in [0.15, 0.2) is 6.73 Å². The molecule has 24 heavy (non-hydrogen) atoms. The van der Waals surface area contributed by atoms with Crippen LogP contribution in [0.1, 0.15) is 18.1 Å². The van der Waals surface area contributed by atoms with Gasteiger partial charge in [-0.25, -0.2) is 4.79 Å². The first-order valence-electron chi connectivity index (χ1n) is 7.86. The molecule has 128 valence electrons. The van der Waals surface area contributed by atoms with Gasteiger partial charge >= 0.3 is 6.03 Å². The summed E-state index contributed by atoms with van der Waals surface area (Å²) in [6.07, 6.45) is 0. The highest BCUT2D eigenvalue weighted by Gasteiger charge is 2.01. The van der Waals surface area contributed by atoms with E-state index in [9.17, 15) is 4.79 Å². The molecule has 6 nitrogen and oxygen atoms in total. The number of amides is 2. The molecule has 0 unspecified atom stereocenters. The van der Waals surface area contributed by atoms with Gasteiger partial charge in [0, 0.05) is 13.1 Å². The number of carbonyl (C=O) groups excluding carboxylic acids is 1. The highest BCUT2D eigenvalue weighted by molar-refractivity contribution is 5.73. The fourth-order valence-corrected chi connectivity index (χ4v) is 2.10. The zero-order valence-corrected chi connectivity index (χ0v) is 13.7. The number of carbonyl (C=O) groups is 1. The Morgan fingerprint density at radius 1 is 1.00 bits per heavy atom. The Kier molecular flexibility index (Phi) is 6.91. The van der Waals surface area contributed by atoms with Crippen LogP contribution in [-0.4, -0.2) is 19.4 Å². The van der Waals surface area contributed by atoms with Crippen LogP contribution in [0.2, 0.25) is 0 Å². The minimum Gasteiger partial charge on any atom is -0.494 e. The minimum absolute atomic E-state index is 0.0860. The van der Waals surface area contributed by atoms with Gasteiger partial charge in [-0.15, -0.1) is 0 Å². The molecule has 0 aliphatic heterocycles. The van der Waals surface area contributed by atoms with E-state index in [0.29, 0.717) is 25.4 Å². The highest BCUT2D eigenvalue weighted by Crippen LogP contribution is 2.17. The zero-order chi connectivity index (χ0) is 17.2. The lowest BCUT2D eigenvalue weighted by Gasteiger charge is -2.10. The van der Waals surface area contributed by atoms with Crippen molar-refractivity contribution < 1.29 is 14.3 Å². The first kappa shape index (κ1) is 17.6. The Morgan fingerprint density at radius 2 is 1.67 bits per heavy atom. The molecule has 0 aromatic heterocycles. The maximum atomic E-state index is 11.8. The second kappa shape index (κ2) is 9.42. The molecule has 0 aliphatic carbocycles. The summed E-state index contributed by atoms with van der Waals surface area (Å²) in [4.78, 5) is 11.8. The van der Waals surface area contributed by atoms with Gasteiger partial charge in [0.1, 0.15) is 11.5 Å². The first-order valence-corrected chi connectivity index (χ1v) is 7.86. The van der Waals surface area contributed by atoms with E-state index in [1.54, 1.807) is 12.1 Å². The van der Waals surface area contributed by atoms with Crippen LogP contribution < -0.4 is 25.8 Å². The maximum Gasteiger partial charge on any atom is 0.317 e. The van der Waals surface area contributed by atoms with Crippen molar-refractivity contribution in [2.24, 2.45) is 5.73 Å². The van der Waals surface area contributed by atoms with Crippen LogP contribution in [-0.2, 0) is 13.1 Å². The summed E-state index contributed by atoms with van der Waals surface area (Å²) in [6.45, 7) is 3.55. The van der Waals surface area contributed by atoms with Crippen molar-refractivity contribution in [3.05, 3.63) is 59.7 Å². The highest BCUT2D eigenvalue weighted by atomic mass is 16.5. The second-order valence-corrected chi connectivity index (χ2v) is 5.08. The van der Waals surface area contributed by atoms with Gasteiger partial charge in [-0.2, -0.15) is 0 Å². The smallest absolute Gasteiger partial charge is 0.317 e. The van der Waals surface area contributed by atoms with Crippen molar-refractivity contribution in [1.29, 1.82) is 0 Å². The lowest BCUT2D eigenvalue weighted by atomic mass is 10.1. The topological polar surface area (TPSA) is 85.6 Å². The van der Waals surface area contributed by atoms with Crippen LogP contribution in [0, 0.1) is 0 Å². The van der Waals surface area contributed by atoms with E-state index in [1.807, 2.05) is 43.3 Å². The number of nitrogens with two attached hydrogens (primary N) is 1. The van der Waals surface area contributed by atoms with Crippen LogP contribution in [0.4, 0.5) is 4.79 Å². The molecule has 0 heterocycles. The molecule has 6 heteroatoms. The molecule has 0 spiro atoms. The molecule has 0 bridgehead atoms. The number of urea groups is 1. The van der Waals surface area contributed by atoms with Crippen molar-refractivity contribution >= 4 is 6.03 Å². The first-order chi connectivity index (χ1) is 11.7. The van der Waals surface area contributed by atoms with Gasteiger partial charge in [-0.05, 0) is 42.3 Å². The van der Waals surface area contributed by atoms with E-state index in [-0.39, 0.29) is 12.8 Å². The van der Waals surface area contributed by atoms with Gasteiger partial charge in [0.2, 0.25) is 0 Å². The Hall–Kier alpha value is -2.73. The third-order valence-corrected chi connectivity index (χ3v) is 3.29. The number of benzene rings is 2. The lowest BCUT2D eigenvalue weighted by molar-refractivity contribution is 0.223. The standard InChI is InChI=1S/C18H23N3O3/c1-2-23-16-6-8-17(9-7-16)24-13-21-18(22)20-12-15-5-3-4-14(10-15)11-19/h3-10H,2,11-13,19H2,1H3,(H2,20,21,22). The number of ether oxygens (including phenoxy) is 2. The zero-order valence-electron chi connectivity index (χ0n) is 13.7. The van der Waals surface area contributed by atoms with E-state index in [4.69, 9.17) is 15.2 Å². The molecule has 0 saturated carbocycles. The molecular weight excluding hydrogens is 306 g/mol. The Bertz CT molecular complexity index is 644. The second-order valence-electron chi connectivity index (χ2n) is 5.08. The molecule has 0 aliphatic rings. The van der Waals surface area contributed by atoms with Crippen molar-refractivity contribution in [1.82, 2.24) is 10.6 Å². The van der Waals surface area contributed by atoms with E-state index in [0.717, 1.165) is 16.9 Å². The number of hydrogen-bond acceptors (Lipinski definition) is 4. The third kappa shape index (κ3) is 5.81. The molecule has 0 saturated heterocycles. The van der Waals surface area contributed by atoms with Gasteiger partial charge in [0.05, 0.1) is 6.61 Å². The van der Waals surface area contributed by atoms with Crippen molar-refractivity contribution in [2.45, 2.75) is 20.0 Å². The fraction of sp³-hybridized carbons (Fsp3) is 0.278. The van der Waals surface area contributed by atoms with E-state index in [2.05, 4.69) is 10.6 Å². The number of hydrogen-bond donors (Lipinski definition) is 3. The van der Waals surface area contributed by atoms with E-state index < -0.39 is 0 Å². The molecule has 0 radical (unpaired) electrons. The summed E-state index contributed by atoms with van der Waals surface area (Å²) < 4.78 is 10.8. The summed E-state index contributed by atoms with van der Waals surface area (Å²) in [5.41, 5.74) is 7.63. The predicted molar refractivity (Wildman–Crippen MR) is 92.8 cm³/mol.